The monoisotopic (exact) mass is 379 g/mol. The lowest BCUT2D eigenvalue weighted by atomic mass is 10.1. The van der Waals surface area contributed by atoms with Crippen LogP contribution in [0.2, 0.25) is 0 Å². The van der Waals surface area contributed by atoms with Crippen LogP contribution in [0.15, 0.2) is 48.5 Å². The molecule has 2 aliphatic heterocycles. The van der Waals surface area contributed by atoms with Crippen LogP contribution in [0.25, 0.3) is 0 Å². The molecule has 0 N–H and O–H groups in total. The molecule has 0 bridgehead atoms. The van der Waals surface area contributed by atoms with E-state index in [2.05, 4.69) is 54.0 Å². The number of nitrogens with zero attached hydrogens (tertiary/aromatic N) is 3. The average Bonchev–Trinajstić information content (AvgIpc) is 2.74. The molecule has 2 aromatic carbocycles. The summed E-state index contributed by atoms with van der Waals surface area (Å²) in [6.07, 6.45) is 0. The molecular weight excluding hydrogens is 350 g/mol. The van der Waals surface area contributed by atoms with E-state index in [0.717, 1.165) is 57.2 Å². The van der Waals surface area contributed by atoms with Gasteiger partial charge in [-0.25, -0.2) is 0 Å². The third-order valence-corrected chi connectivity index (χ3v) is 5.81. The van der Waals surface area contributed by atoms with Crippen LogP contribution in [0, 0.1) is 6.92 Å². The minimum Gasteiger partial charge on any atom is -0.378 e. The Morgan fingerprint density at radius 2 is 1.75 bits per heavy atom. The van der Waals surface area contributed by atoms with Gasteiger partial charge in [-0.3, -0.25) is 4.79 Å². The van der Waals surface area contributed by atoms with Crippen LogP contribution in [0.4, 0.5) is 11.4 Å². The van der Waals surface area contributed by atoms with Crippen molar-refractivity contribution in [2.75, 3.05) is 55.7 Å². The van der Waals surface area contributed by atoms with E-state index in [-0.39, 0.29) is 11.9 Å². The van der Waals surface area contributed by atoms with E-state index in [0.29, 0.717) is 0 Å². The number of morpholine rings is 1. The van der Waals surface area contributed by atoms with Crippen LogP contribution >= 0.6 is 0 Å². The van der Waals surface area contributed by atoms with Gasteiger partial charge in [-0.05, 0) is 43.7 Å². The minimum absolute atomic E-state index is 0.132. The topological polar surface area (TPSA) is 36.0 Å². The van der Waals surface area contributed by atoms with Crippen molar-refractivity contribution < 1.29 is 9.53 Å². The van der Waals surface area contributed by atoms with Crippen LogP contribution in [-0.4, -0.2) is 62.8 Å². The lowest BCUT2D eigenvalue weighted by Crippen LogP contribution is -2.54. The Hall–Kier alpha value is -2.53. The van der Waals surface area contributed by atoms with Gasteiger partial charge in [-0.15, -0.1) is 0 Å². The van der Waals surface area contributed by atoms with Gasteiger partial charge < -0.3 is 19.4 Å². The molecule has 5 heteroatoms. The molecule has 2 saturated heterocycles. The van der Waals surface area contributed by atoms with Gasteiger partial charge in [-0.2, -0.15) is 0 Å². The summed E-state index contributed by atoms with van der Waals surface area (Å²) in [6, 6.07) is 16.7. The molecule has 0 spiro atoms. The Balaban J connectivity index is 1.46. The van der Waals surface area contributed by atoms with E-state index < -0.39 is 0 Å². The summed E-state index contributed by atoms with van der Waals surface area (Å²) in [5.74, 6) is 0.132. The maximum Gasteiger partial charge on any atom is 0.254 e. The van der Waals surface area contributed by atoms with Crippen molar-refractivity contribution in [1.82, 2.24) is 4.90 Å². The highest BCUT2D eigenvalue weighted by Gasteiger charge is 2.29. The van der Waals surface area contributed by atoms with E-state index in [1.54, 1.807) is 0 Å². The van der Waals surface area contributed by atoms with E-state index in [9.17, 15) is 4.79 Å². The van der Waals surface area contributed by atoms with E-state index in [4.69, 9.17) is 4.74 Å². The number of carbonyl (C=O) groups excluding carboxylic acids is 1. The molecule has 148 valence electrons. The summed E-state index contributed by atoms with van der Waals surface area (Å²) in [5.41, 5.74) is 4.45. The van der Waals surface area contributed by atoms with E-state index >= 15 is 0 Å². The Morgan fingerprint density at radius 3 is 2.50 bits per heavy atom. The molecule has 2 heterocycles. The molecule has 0 aliphatic carbocycles. The molecule has 2 fully saturated rings. The van der Waals surface area contributed by atoms with Crippen molar-refractivity contribution in [2.24, 2.45) is 0 Å². The van der Waals surface area contributed by atoms with E-state index in [1.807, 2.05) is 23.1 Å². The fourth-order valence-corrected chi connectivity index (χ4v) is 4.22. The first-order chi connectivity index (χ1) is 13.6. The highest BCUT2D eigenvalue weighted by molar-refractivity contribution is 5.95. The molecule has 0 radical (unpaired) electrons. The molecule has 2 aromatic rings. The smallest absolute Gasteiger partial charge is 0.254 e. The van der Waals surface area contributed by atoms with Crippen LogP contribution in [-0.2, 0) is 4.74 Å². The molecule has 5 nitrogen and oxygen atoms in total. The van der Waals surface area contributed by atoms with Crippen molar-refractivity contribution in [3.63, 3.8) is 0 Å². The quantitative estimate of drug-likeness (QED) is 0.821. The Morgan fingerprint density at radius 1 is 0.964 bits per heavy atom. The van der Waals surface area contributed by atoms with Gasteiger partial charge >= 0.3 is 0 Å². The number of hydrogen-bond acceptors (Lipinski definition) is 4. The maximum atomic E-state index is 13.2. The van der Waals surface area contributed by atoms with Crippen LogP contribution in [0.1, 0.15) is 22.8 Å². The fraction of sp³-hybridized carbons (Fsp3) is 0.435. The van der Waals surface area contributed by atoms with Crippen molar-refractivity contribution in [1.29, 1.82) is 0 Å². The summed E-state index contributed by atoms with van der Waals surface area (Å²) in [5, 5.41) is 0. The zero-order chi connectivity index (χ0) is 19.5. The van der Waals surface area contributed by atoms with Gasteiger partial charge in [-0.1, -0.05) is 24.3 Å². The Labute approximate surface area is 167 Å². The number of amides is 1. The molecule has 4 rings (SSSR count). The number of para-hydroxylation sites is 1. The highest BCUT2D eigenvalue weighted by Crippen LogP contribution is 2.25. The molecule has 0 aromatic heterocycles. The Bertz CT molecular complexity index is 832. The number of rotatable bonds is 3. The number of ether oxygens (including phenoxy) is 1. The first-order valence-corrected chi connectivity index (χ1v) is 10.2. The minimum atomic E-state index is 0.132. The summed E-state index contributed by atoms with van der Waals surface area (Å²) in [6.45, 7) is 10.0. The SMILES string of the molecule is Cc1ccccc1N1CCN(C(=O)c2cccc(N3CCOCC3)c2)C(C)C1. The highest BCUT2D eigenvalue weighted by atomic mass is 16.5. The molecule has 1 atom stereocenters. The van der Waals surface area contributed by atoms with Crippen LogP contribution in [0.5, 0.6) is 0 Å². The predicted molar refractivity (Wildman–Crippen MR) is 113 cm³/mol. The van der Waals surface area contributed by atoms with Crippen molar-refractivity contribution >= 4 is 17.3 Å². The molecule has 1 amide bonds. The third-order valence-electron chi connectivity index (χ3n) is 5.81. The van der Waals surface area contributed by atoms with Gasteiger partial charge in [0.05, 0.1) is 13.2 Å². The summed E-state index contributed by atoms with van der Waals surface area (Å²) in [7, 11) is 0. The Kier molecular flexibility index (Phi) is 5.53. The number of hydrogen-bond donors (Lipinski definition) is 0. The van der Waals surface area contributed by atoms with Gasteiger partial charge in [0.1, 0.15) is 0 Å². The summed E-state index contributed by atoms with van der Waals surface area (Å²) >= 11 is 0. The molecule has 28 heavy (non-hydrogen) atoms. The summed E-state index contributed by atoms with van der Waals surface area (Å²) in [4.78, 5) is 19.9. The van der Waals surface area contributed by atoms with Gasteiger partial charge in [0.15, 0.2) is 0 Å². The molecule has 2 aliphatic rings. The van der Waals surface area contributed by atoms with Gasteiger partial charge in [0, 0.05) is 55.7 Å². The number of benzene rings is 2. The van der Waals surface area contributed by atoms with Crippen LogP contribution < -0.4 is 9.80 Å². The predicted octanol–water partition coefficient (Wildman–Crippen LogP) is 3.18. The maximum absolute atomic E-state index is 13.2. The summed E-state index contributed by atoms with van der Waals surface area (Å²) < 4.78 is 5.44. The first-order valence-electron chi connectivity index (χ1n) is 10.2. The van der Waals surface area contributed by atoms with Gasteiger partial charge in [0.25, 0.3) is 5.91 Å². The second kappa shape index (κ2) is 8.23. The molecular formula is C23H29N3O2. The second-order valence-electron chi connectivity index (χ2n) is 7.73. The number of carbonyl (C=O) groups is 1. The third kappa shape index (κ3) is 3.85. The number of aryl methyl sites for hydroxylation is 1. The number of piperazine rings is 1. The van der Waals surface area contributed by atoms with Crippen molar-refractivity contribution in [3.05, 3.63) is 59.7 Å². The zero-order valence-electron chi connectivity index (χ0n) is 16.8. The standard InChI is InChI=1S/C23H29N3O2/c1-18-6-3-4-9-22(18)25-10-11-26(19(2)17-25)23(27)20-7-5-8-21(16-20)24-12-14-28-15-13-24/h3-9,16,19H,10-15,17H2,1-2H3. The van der Waals surface area contributed by atoms with Crippen molar-refractivity contribution in [2.45, 2.75) is 19.9 Å². The fourth-order valence-electron chi connectivity index (χ4n) is 4.22. The second-order valence-corrected chi connectivity index (χ2v) is 7.73. The van der Waals surface area contributed by atoms with Crippen molar-refractivity contribution in [3.8, 4) is 0 Å². The number of anilines is 2. The largest absolute Gasteiger partial charge is 0.378 e. The lowest BCUT2D eigenvalue weighted by molar-refractivity contribution is 0.0674. The van der Waals surface area contributed by atoms with Gasteiger partial charge in [0.2, 0.25) is 0 Å². The lowest BCUT2D eigenvalue weighted by Gasteiger charge is -2.41. The van der Waals surface area contributed by atoms with E-state index in [1.165, 1.54) is 11.3 Å². The zero-order valence-corrected chi connectivity index (χ0v) is 16.8. The average molecular weight is 380 g/mol. The van der Waals surface area contributed by atoms with Crippen LogP contribution in [0.3, 0.4) is 0 Å². The molecule has 0 saturated carbocycles. The first kappa shape index (κ1) is 18.8. The molecule has 1 unspecified atom stereocenters. The normalized spacial score (nSPS) is 20.4.